The smallest absolute Gasteiger partial charge is 0.0991 e. The van der Waals surface area contributed by atoms with Crippen molar-refractivity contribution in [2.24, 2.45) is 0 Å². The number of halogens is 1. The summed E-state index contributed by atoms with van der Waals surface area (Å²) in [5.74, 6) is 0. The highest BCUT2D eigenvalue weighted by Gasteiger charge is 2.16. The first kappa shape index (κ1) is 11.1. The molecule has 1 aliphatic carbocycles. The van der Waals surface area contributed by atoms with E-state index in [0.29, 0.717) is 0 Å². The van der Waals surface area contributed by atoms with Crippen molar-refractivity contribution in [3.05, 3.63) is 66.2 Å². The third-order valence-corrected chi connectivity index (χ3v) is 3.29. The molecular formula is C15H11ClN2. The molecule has 0 amide bonds. The maximum Gasteiger partial charge on any atom is 0.0991 e. The van der Waals surface area contributed by atoms with Gasteiger partial charge < -0.3 is 4.57 Å². The van der Waals surface area contributed by atoms with E-state index in [4.69, 9.17) is 0 Å². The largest absolute Gasteiger partial charge is 0.306 e. The lowest BCUT2D eigenvalue weighted by molar-refractivity contribution is 1.10. The number of rotatable bonds is 1. The molecule has 3 heteroatoms. The monoisotopic (exact) mass is 254 g/mol. The van der Waals surface area contributed by atoms with Gasteiger partial charge in [0.05, 0.1) is 12.0 Å². The predicted molar refractivity (Wildman–Crippen MR) is 76.7 cm³/mol. The minimum atomic E-state index is 0. The third kappa shape index (κ3) is 1.39. The van der Waals surface area contributed by atoms with Gasteiger partial charge in [-0.05, 0) is 22.4 Å². The van der Waals surface area contributed by atoms with Crippen LogP contribution >= 0.6 is 12.4 Å². The van der Waals surface area contributed by atoms with Crippen LogP contribution in [0.1, 0.15) is 11.1 Å². The summed E-state index contributed by atoms with van der Waals surface area (Å²) in [6.45, 7) is 0. The zero-order valence-electron chi connectivity index (χ0n) is 9.58. The zero-order valence-corrected chi connectivity index (χ0v) is 10.4. The number of imidazole rings is 1. The van der Waals surface area contributed by atoms with Gasteiger partial charge in [-0.15, -0.1) is 12.4 Å². The van der Waals surface area contributed by atoms with E-state index in [1.807, 2.05) is 18.7 Å². The van der Waals surface area contributed by atoms with Crippen molar-refractivity contribution in [2.75, 3.05) is 0 Å². The van der Waals surface area contributed by atoms with Crippen LogP contribution < -0.4 is 0 Å². The van der Waals surface area contributed by atoms with Crippen LogP contribution in [0.25, 0.3) is 22.5 Å². The minimum Gasteiger partial charge on any atom is -0.306 e. The lowest BCUT2D eigenvalue weighted by Crippen LogP contribution is -1.92. The molecule has 1 aromatic heterocycles. The molecule has 1 aliphatic rings. The molecule has 0 unspecified atom stereocenters. The summed E-state index contributed by atoms with van der Waals surface area (Å²) in [4.78, 5) is 4.12. The van der Waals surface area contributed by atoms with Crippen molar-refractivity contribution in [1.29, 1.82) is 0 Å². The molecule has 2 aromatic carbocycles. The SMILES string of the molecule is C1=C(n2ccnc2)c2cccc3cccc1c23.Cl. The molecule has 0 saturated heterocycles. The Balaban J connectivity index is 0.000001000. The second kappa shape index (κ2) is 4.00. The zero-order chi connectivity index (χ0) is 11.2. The second-order valence-electron chi connectivity index (χ2n) is 4.25. The molecule has 0 aliphatic heterocycles. The molecule has 1 heterocycles. The third-order valence-electron chi connectivity index (χ3n) is 3.29. The quantitative estimate of drug-likeness (QED) is 0.505. The van der Waals surface area contributed by atoms with E-state index in [2.05, 4.69) is 52.0 Å². The normalized spacial score (nSPS) is 12.3. The van der Waals surface area contributed by atoms with Crippen LogP contribution in [0.2, 0.25) is 0 Å². The van der Waals surface area contributed by atoms with Crippen molar-refractivity contribution in [3.63, 3.8) is 0 Å². The molecule has 4 rings (SSSR count). The minimum absolute atomic E-state index is 0. The van der Waals surface area contributed by atoms with Gasteiger partial charge in [0.1, 0.15) is 0 Å². The Morgan fingerprint density at radius 1 is 1.00 bits per heavy atom. The van der Waals surface area contributed by atoms with E-state index in [9.17, 15) is 0 Å². The Morgan fingerprint density at radius 3 is 2.61 bits per heavy atom. The first-order chi connectivity index (χ1) is 8.43. The van der Waals surface area contributed by atoms with Crippen LogP contribution in [0.15, 0.2) is 55.1 Å². The number of aromatic nitrogens is 2. The average molecular weight is 255 g/mol. The molecule has 0 N–H and O–H groups in total. The predicted octanol–water partition coefficient (Wildman–Crippen LogP) is 3.82. The molecule has 2 nitrogen and oxygen atoms in total. The molecule has 0 fully saturated rings. The van der Waals surface area contributed by atoms with Gasteiger partial charge in [-0.25, -0.2) is 4.98 Å². The van der Waals surface area contributed by atoms with Crippen LogP contribution in [0.5, 0.6) is 0 Å². The van der Waals surface area contributed by atoms with Gasteiger partial charge in [0.25, 0.3) is 0 Å². The van der Waals surface area contributed by atoms with Crippen molar-refractivity contribution in [2.45, 2.75) is 0 Å². The molecular weight excluding hydrogens is 244 g/mol. The Morgan fingerprint density at radius 2 is 1.83 bits per heavy atom. The summed E-state index contributed by atoms with van der Waals surface area (Å²) in [7, 11) is 0. The lowest BCUT2D eigenvalue weighted by atomic mass is 10.0. The van der Waals surface area contributed by atoms with Crippen LogP contribution in [0.3, 0.4) is 0 Å². The van der Waals surface area contributed by atoms with E-state index in [0.717, 1.165) is 0 Å². The molecule has 0 spiro atoms. The van der Waals surface area contributed by atoms with Crippen LogP contribution in [-0.2, 0) is 0 Å². The average Bonchev–Trinajstić information content (AvgIpc) is 2.98. The fraction of sp³-hybridized carbons (Fsp3) is 0. The highest BCUT2D eigenvalue weighted by Crippen LogP contribution is 2.36. The molecule has 0 radical (unpaired) electrons. The maximum absolute atomic E-state index is 4.12. The fourth-order valence-corrected chi connectivity index (χ4v) is 2.54. The maximum atomic E-state index is 4.12. The summed E-state index contributed by atoms with van der Waals surface area (Å²) < 4.78 is 2.06. The molecule has 0 saturated carbocycles. The number of hydrogen-bond acceptors (Lipinski definition) is 1. The van der Waals surface area contributed by atoms with Gasteiger partial charge >= 0.3 is 0 Å². The highest BCUT2D eigenvalue weighted by molar-refractivity contribution is 6.08. The van der Waals surface area contributed by atoms with Crippen molar-refractivity contribution >= 4 is 35.0 Å². The molecule has 3 aromatic rings. The molecule has 0 atom stereocenters. The second-order valence-corrected chi connectivity index (χ2v) is 4.25. The Labute approximate surface area is 111 Å². The standard InChI is InChI=1S/C15H10N2.ClH/c1-3-11-4-2-6-13-14(17-8-7-16-10-17)9-12(5-1)15(11)13;/h1-10H;1H. The van der Waals surface area contributed by atoms with Gasteiger partial charge in [-0.2, -0.15) is 0 Å². The molecule has 88 valence electrons. The molecule has 0 bridgehead atoms. The van der Waals surface area contributed by atoms with Gasteiger partial charge in [0.2, 0.25) is 0 Å². The van der Waals surface area contributed by atoms with E-state index in [1.165, 1.54) is 27.6 Å². The first-order valence-corrected chi connectivity index (χ1v) is 5.66. The van der Waals surface area contributed by atoms with E-state index >= 15 is 0 Å². The summed E-state index contributed by atoms with van der Waals surface area (Å²) in [5, 5.41) is 2.64. The van der Waals surface area contributed by atoms with Gasteiger partial charge in [0, 0.05) is 18.0 Å². The van der Waals surface area contributed by atoms with Crippen LogP contribution in [0.4, 0.5) is 0 Å². The topological polar surface area (TPSA) is 17.8 Å². The Bertz CT molecular complexity index is 737. The van der Waals surface area contributed by atoms with Crippen LogP contribution in [0, 0.1) is 0 Å². The Hall–Kier alpha value is -2.06. The van der Waals surface area contributed by atoms with Gasteiger partial charge in [-0.1, -0.05) is 36.4 Å². The summed E-state index contributed by atoms with van der Waals surface area (Å²) in [6, 6.07) is 12.9. The highest BCUT2D eigenvalue weighted by atomic mass is 35.5. The Kier molecular flexibility index (Phi) is 2.46. The number of hydrogen-bond donors (Lipinski definition) is 0. The van der Waals surface area contributed by atoms with Crippen molar-refractivity contribution < 1.29 is 0 Å². The first-order valence-electron chi connectivity index (χ1n) is 5.66. The van der Waals surface area contributed by atoms with Crippen molar-refractivity contribution in [3.8, 4) is 0 Å². The summed E-state index contributed by atoms with van der Waals surface area (Å²) >= 11 is 0. The summed E-state index contributed by atoms with van der Waals surface area (Å²) in [5.41, 5.74) is 3.78. The van der Waals surface area contributed by atoms with Crippen molar-refractivity contribution in [1.82, 2.24) is 9.55 Å². The number of benzene rings is 2. The van der Waals surface area contributed by atoms with E-state index in [-0.39, 0.29) is 12.4 Å². The van der Waals surface area contributed by atoms with Gasteiger partial charge in [0.15, 0.2) is 0 Å². The summed E-state index contributed by atoms with van der Waals surface area (Å²) in [6.07, 6.45) is 7.86. The van der Waals surface area contributed by atoms with E-state index in [1.54, 1.807) is 0 Å². The van der Waals surface area contributed by atoms with Gasteiger partial charge in [-0.3, -0.25) is 0 Å². The number of nitrogens with zero attached hydrogens (tertiary/aromatic N) is 2. The van der Waals surface area contributed by atoms with Crippen LogP contribution in [-0.4, -0.2) is 9.55 Å². The molecule has 18 heavy (non-hydrogen) atoms. The lowest BCUT2D eigenvalue weighted by Gasteiger charge is -2.06. The van der Waals surface area contributed by atoms with E-state index < -0.39 is 0 Å². The fourth-order valence-electron chi connectivity index (χ4n) is 2.54.